The van der Waals surface area contributed by atoms with E-state index < -0.39 is 5.41 Å². The molecular formula is C21H27N5O2. The van der Waals surface area contributed by atoms with E-state index >= 15 is 0 Å². The van der Waals surface area contributed by atoms with Gasteiger partial charge in [-0.3, -0.25) is 9.59 Å². The second kappa shape index (κ2) is 7.96. The minimum Gasteiger partial charge on any atom is -0.338 e. The Hall–Kier alpha value is -2.96. The molecule has 1 aromatic heterocycles. The highest BCUT2D eigenvalue weighted by atomic mass is 16.2. The average molecular weight is 381 g/mol. The summed E-state index contributed by atoms with van der Waals surface area (Å²) in [5.74, 6) is 0.213. The van der Waals surface area contributed by atoms with Gasteiger partial charge in [-0.15, -0.1) is 0 Å². The topological polar surface area (TPSA) is 78.4 Å². The van der Waals surface area contributed by atoms with Crippen LogP contribution in [0.5, 0.6) is 0 Å². The number of aryl methyl sites for hydroxylation is 2. The Morgan fingerprint density at radius 3 is 2.32 bits per heavy atom. The van der Waals surface area contributed by atoms with Crippen molar-refractivity contribution in [2.24, 2.45) is 5.41 Å². The molecule has 2 aromatic rings. The third kappa shape index (κ3) is 4.13. The smallest absolute Gasteiger partial charge is 0.239 e. The highest BCUT2D eigenvalue weighted by Crippen LogP contribution is 2.25. The zero-order chi connectivity index (χ0) is 20.3. The molecule has 148 valence electrons. The average Bonchev–Trinajstić information content (AvgIpc) is 2.71. The molecule has 1 N–H and O–H groups in total. The highest BCUT2D eigenvalue weighted by Gasteiger charge is 2.40. The number of nitrogens with one attached hydrogen (secondary N) is 1. The zero-order valence-corrected chi connectivity index (χ0v) is 16.9. The lowest BCUT2D eigenvalue weighted by Gasteiger charge is -2.38. The van der Waals surface area contributed by atoms with E-state index in [1.54, 1.807) is 37.2 Å². The van der Waals surface area contributed by atoms with Crippen LogP contribution in [0.25, 0.3) is 0 Å². The number of carbonyl (C=O) groups excluding carboxylic acids is 2. The first-order chi connectivity index (χ1) is 13.3. The SMILES string of the molecule is Cc1ccc(C)c(NC(=O)C(C)(C)C(=O)N2CCN(c3ncccn3)CC2)c1. The predicted molar refractivity (Wildman–Crippen MR) is 109 cm³/mol. The number of aromatic nitrogens is 2. The van der Waals surface area contributed by atoms with Crippen molar-refractivity contribution in [3.8, 4) is 0 Å². The second-order valence-electron chi connectivity index (χ2n) is 7.73. The van der Waals surface area contributed by atoms with Crippen LogP contribution in [0.15, 0.2) is 36.7 Å². The molecule has 1 aliphatic rings. The van der Waals surface area contributed by atoms with E-state index in [1.807, 2.05) is 36.9 Å². The molecule has 0 atom stereocenters. The quantitative estimate of drug-likeness (QED) is 0.823. The molecule has 2 amide bonds. The maximum atomic E-state index is 13.1. The molecule has 0 saturated carbocycles. The van der Waals surface area contributed by atoms with E-state index in [9.17, 15) is 9.59 Å². The summed E-state index contributed by atoms with van der Waals surface area (Å²) in [7, 11) is 0. The Balaban J connectivity index is 1.64. The first-order valence-electron chi connectivity index (χ1n) is 9.49. The third-order valence-electron chi connectivity index (χ3n) is 5.15. The van der Waals surface area contributed by atoms with Gasteiger partial charge in [-0.2, -0.15) is 0 Å². The largest absolute Gasteiger partial charge is 0.338 e. The van der Waals surface area contributed by atoms with Gasteiger partial charge in [-0.25, -0.2) is 9.97 Å². The van der Waals surface area contributed by atoms with E-state index in [0.717, 1.165) is 16.8 Å². The second-order valence-corrected chi connectivity index (χ2v) is 7.73. The number of rotatable bonds is 4. The van der Waals surface area contributed by atoms with Gasteiger partial charge in [-0.05, 0) is 51.0 Å². The molecule has 1 aromatic carbocycles. The fraction of sp³-hybridized carbons (Fsp3) is 0.429. The molecule has 0 bridgehead atoms. The summed E-state index contributed by atoms with van der Waals surface area (Å²) in [6.07, 6.45) is 3.42. The summed E-state index contributed by atoms with van der Waals surface area (Å²) in [5, 5.41) is 2.93. The maximum Gasteiger partial charge on any atom is 0.239 e. The number of hydrogen-bond donors (Lipinski definition) is 1. The van der Waals surface area contributed by atoms with Crippen LogP contribution in [0.1, 0.15) is 25.0 Å². The van der Waals surface area contributed by atoms with E-state index in [4.69, 9.17) is 0 Å². The van der Waals surface area contributed by atoms with Gasteiger partial charge in [0.2, 0.25) is 17.8 Å². The number of carbonyl (C=O) groups is 2. The lowest BCUT2D eigenvalue weighted by molar-refractivity contribution is -0.146. The molecule has 1 fully saturated rings. The number of nitrogens with zero attached hydrogens (tertiary/aromatic N) is 4. The van der Waals surface area contributed by atoms with Crippen LogP contribution in [0.2, 0.25) is 0 Å². The molecule has 7 nitrogen and oxygen atoms in total. The molecule has 0 aliphatic carbocycles. The molecule has 3 rings (SSSR count). The zero-order valence-electron chi connectivity index (χ0n) is 16.9. The Bertz CT molecular complexity index is 858. The molecule has 1 aliphatic heterocycles. The summed E-state index contributed by atoms with van der Waals surface area (Å²) in [5.41, 5.74) is 1.63. The van der Waals surface area contributed by atoms with Gasteiger partial charge in [0.25, 0.3) is 0 Å². The van der Waals surface area contributed by atoms with Crippen LogP contribution in [0.4, 0.5) is 11.6 Å². The number of hydrogen-bond acceptors (Lipinski definition) is 5. The molecule has 2 heterocycles. The van der Waals surface area contributed by atoms with Crippen molar-refractivity contribution in [3.05, 3.63) is 47.8 Å². The van der Waals surface area contributed by atoms with E-state index in [2.05, 4.69) is 15.3 Å². The molecule has 0 radical (unpaired) electrons. The van der Waals surface area contributed by atoms with Crippen LogP contribution >= 0.6 is 0 Å². The molecule has 28 heavy (non-hydrogen) atoms. The summed E-state index contributed by atoms with van der Waals surface area (Å²) in [6, 6.07) is 7.66. The Morgan fingerprint density at radius 2 is 1.68 bits per heavy atom. The lowest BCUT2D eigenvalue weighted by atomic mass is 9.89. The van der Waals surface area contributed by atoms with Gasteiger partial charge >= 0.3 is 0 Å². The van der Waals surface area contributed by atoms with Crippen molar-refractivity contribution in [3.63, 3.8) is 0 Å². The summed E-state index contributed by atoms with van der Waals surface area (Å²) in [6.45, 7) is 9.64. The van der Waals surface area contributed by atoms with Gasteiger partial charge in [0.1, 0.15) is 5.41 Å². The molecule has 0 spiro atoms. The van der Waals surface area contributed by atoms with Crippen LogP contribution in [-0.4, -0.2) is 52.9 Å². The molecule has 7 heteroatoms. The van der Waals surface area contributed by atoms with Crippen LogP contribution < -0.4 is 10.2 Å². The molecule has 0 unspecified atom stereocenters. The van der Waals surface area contributed by atoms with Crippen molar-refractivity contribution in [2.45, 2.75) is 27.7 Å². The Kier molecular flexibility index (Phi) is 5.63. The van der Waals surface area contributed by atoms with Crippen LogP contribution in [-0.2, 0) is 9.59 Å². The minimum absolute atomic E-state index is 0.163. The van der Waals surface area contributed by atoms with E-state index in [0.29, 0.717) is 32.1 Å². The predicted octanol–water partition coefficient (Wildman–Crippen LogP) is 2.41. The monoisotopic (exact) mass is 381 g/mol. The normalized spacial score (nSPS) is 14.7. The summed E-state index contributed by atoms with van der Waals surface area (Å²) in [4.78, 5) is 38.3. The van der Waals surface area contributed by atoms with E-state index in [1.165, 1.54) is 0 Å². The van der Waals surface area contributed by atoms with Gasteiger partial charge in [0.05, 0.1) is 0 Å². The third-order valence-corrected chi connectivity index (χ3v) is 5.15. The first-order valence-corrected chi connectivity index (χ1v) is 9.49. The highest BCUT2D eigenvalue weighted by molar-refractivity contribution is 6.10. The van der Waals surface area contributed by atoms with Crippen molar-refractivity contribution in [2.75, 3.05) is 36.4 Å². The van der Waals surface area contributed by atoms with Crippen molar-refractivity contribution < 1.29 is 9.59 Å². The minimum atomic E-state index is -1.15. The Morgan fingerprint density at radius 1 is 1.04 bits per heavy atom. The summed E-state index contributed by atoms with van der Waals surface area (Å²) < 4.78 is 0. The van der Waals surface area contributed by atoms with Crippen molar-refractivity contribution in [1.82, 2.24) is 14.9 Å². The van der Waals surface area contributed by atoms with Crippen LogP contribution in [0, 0.1) is 19.3 Å². The van der Waals surface area contributed by atoms with Gasteiger partial charge in [-0.1, -0.05) is 12.1 Å². The molecular weight excluding hydrogens is 354 g/mol. The van der Waals surface area contributed by atoms with E-state index in [-0.39, 0.29) is 11.8 Å². The number of piperazine rings is 1. The number of benzene rings is 1. The number of amides is 2. The van der Waals surface area contributed by atoms with Gasteiger partial charge < -0.3 is 15.1 Å². The summed E-state index contributed by atoms with van der Waals surface area (Å²) >= 11 is 0. The fourth-order valence-electron chi connectivity index (χ4n) is 3.21. The first kappa shape index (κ1) is 19.8. The van der Waals surface area contributed by atoms with Crippen molar-refractivity contribution >= 4 is 23.5 Å². The maximum absolute atomic E-state index is 13.1. The van der Waals surface area contributed by atoms with Gasteiger partial charge in [0.15, 0.2) is 0 Å². The van der Waals surface area contributed by atoms with Gasteiger partial charge in [0, 0.05) is 44.3 Å². The Labute approximate surface area is 165 Å². The molecule has 1 saturated heterocycles. The fourth-order valence-corrected chi connectivity index (χ4v) is 3.21. The van der Waals surface area contributed by atoms with Crippen molar-refractivity contribution in [1.29, 1.82) is 0 Å². The number of anilines is 2. The van der Waals surface area contributed by atoms with Crippen LogP contribution in [0.3, 0.4) is 0 Å². The standard InChI is InChI=1S/C21H27N5O2/c1-15-6-7-16(2)17(14-15)24-18(27)21(3,4)19(28)25-10-12-26(13-11-25)20-22-8-5-9-23-20/h5-9,14H,10-13H2,1-4H3,(H,24,27). The lowest BCUT2D eigenvalue weighted by Crippen LogP contribution is -2.54.